The molecule has 1 saturated heterocycles. The molecule has 0 unspecified atom stereocenters. The van der Waals surface area contributed by atoms with Crippen LogP contribution in [-0.4, -0.2) is 43.0 Å². The highest BCUT2D eigenvalue weighted by Gasteiger charge is 2.24. The number of carbonyl (C=O) groups is 1. The largest absolute Gasteiger partial charge is 0.325 e. The molecule has 2 N–H and O–H groups in total. The summed E-state index contributed by atoms with van der Waals surface area (Å²) in [6.07, 6.45) is 0. The van der Waals surface area contributed by atoms with Gasteiger partial charge in [-0.15, -0.1) is 0 Å². The summed E-state index contributed by atoms with van der Waals surface area (Å²) in [5.74, 6) is -0.0699. The normalized spacial score (nSPS) is 14.7. The third kappa shape index (κ3) is 3.48. The van der Waals surface area contributed by atoms with Gasteiger partial charge in [0.15, 0.2) is 0 Å². The first-order valence-electron chi connectivity index (χ1n) is 6.58. The fourth-order valence-corrected chi connectivity index (χ4v) is 2.32. The summed E-state index contributed by atoms with van der Waals surface area (Å²) in [6, 6.07) is 7.31. The van der Waals surface area contributed by atoms with Crippen LogP contribution in [0.4, 0.5) is 5.69 Å². The van der Waals surface area contributed by atoms with Gasteiger partial charge in [0.25, 0.3) is 0 Å². The van der Waals surface area contributed by atoms with Gasteiger partial charge in [0.2, 0.25) is 5.91 Å². The maximum Gasteiger partial charge on any atom is 0.238 e. The molecule has 6 heteroatoms. The van der Waals surface area contributed by atoms with Crippen molar-refractivity contribution in [1.82, 2.24) is 10.2 Å². The molecule has 0 aliphatic carbocycles. The Morgan fingerprint density at radius 1 is 1.60 bits per heavy atom. The SMILES string of the molecule is CCN(CC(=O)Nc1ccc(C#N)c(Cl)c1)C1CNC1. The Labute approximate surface area is 123 Å². The Morgan fingerprint density at radius 2 is 2.35 bits per heavy atom. The Hall–Kier alpha value is -1.61. The van der Waals surface area contributed by atoms with Crippen LogP contribution in [0.15, 0.2) is 18.2 Å². The minimum Gasteiger partial charge on any atom is -0.325 e. The molecule has 1 aliphatic heterocycles. The number of likely N-dealkylation sites (N-methyl/N-ethyl adjacent to an activating group) is 1. The molecule has 0 bridgehead atoms. The van der Waals surface area contributed by atoms with Crippen molar-refractivity contribution in [2.45, 2.75) is 13.0 Å². The summed E-state index contributed by atoms with van der Waals surface area (Å²) in [4.78, 5) is 14.1. The molecule has 1 aromatic rings. The number of carbonyl (C=O) groups excluding carboxylic acids is 1. The number of anilines is 1. The molecule has 0 saturated carbocycles. The number of amides is 1. The second-order valence-electron chi connectivity index (χ2n) is 4.73. The van der Waals surface area contributed by atoms with Crippen molar-refractivity contribution in [3.63, 3.8) is 0 Å². The lowest BCUT2D eigenvalue weighted by Gasteiger charge is -2.37. The topological polar surface area (TPSA) is 68.2 Å². The number of nitrogens with one attached hydrogen (secondary N) is 2. The zero-order valence-electron chi connectivity index (χ0n) is 11.3. The second kappa shape index (κ2) is 6.71. The number of hydrogen-bond acceptors (Lipinski definition) is 4. The van der Waals surface area contributed by atoms with E-state index in [2.05, 4.69) is 15.5 Å². The van der Waals surface area contributed by atoms with Crippen LogP contribution in [0.2, 0.25) is 5.02 Å². The van der Waals surface area contributed by atoms with E-state index in [-0.39, 0.29) is 5.91 Å². The average molecular weight is 293 g/mol. The fraction of sp³-hybridized carbons (Fsp3) is 0.429. The number of halogens is 1. The molecule has 0 spiro atoms. The van der Waals surface area contributed by atoms with Crippen molar-refractivity contribution < 1.29 is 4.79 Å². The van der Waals surface area contributed by atoms with Crippen molar-refractivity contribution in [2.24, 2.45) is 0 Å². The summed E-state index contributed by atoms with van der Waals surface area (Å²) >= 11 is 5.94. The fourth-order valence-electron chi connectivity index (χ4n) is 2.10. The lowest BCUT2D eigenvalue weighted by Crippen LogP contribution is -2.58. The van der Waals surface area contributed by atoms with E-state index in [1.807, 2.05) is 13.0 Å². The number of benzene rings is 1. The Bertz CT molecular complexity index is 536. The first-order chi connectivity index (χ1) is 9.63. The average Bonchev–Trinajstić information content (AvgIpc) is 2.36. The predicted molar refractivity (Wildman–Crippen MR) is 78.7 cm³/mol. The molecule has 0 radical (unpaired) electrons. The molecular weight excluding hydrogens is 276 g/mol. The van der Waals surface area contributed by atoms with Gasteiger partial charge in [0, 0.05) is 24.8 Å². The monoisotopic (exact) mass is 292 g/mol. The molecular formula is C14H17ClN4O. The maximum absolute atomic E-state index is 12.0. The van der Waals surface area contributed by atoms with Crippen molar-refractivity contribution in [2.75, 3.05) is 31.5 Å². The smallest absolute Gasteiger partial charge is 0.238 e. The molecule has 2 rings (SSSR count). The van der Waals surface area contributed by atoms with Crippen LogP contribution in [0.1, 0.15) is 12.5 Å². The molecule has 1 fully saturated rings. The van der Waals surface area contributed by atoms with E-state index in [1.54, 1.807) is 18.2 Å². The number of rotatable bonds is 5. The van der Waals surface area contributed by atoms with E-state index in [0.29, 0.717) is 28.9 Å². The minimum atomic E-state index is -0.0699. The highest BCUT2D eigenvalue weighted by Crippen LogP contribution is 2.20. The quantitative estimate of drug-likeness (QED) is 0.862. The van der Waals surface area contributed by atoms with Gasteiger partial charge in [-0.3, -0.25) is 9.69 Å². The van der Waals surface area contributed by atoms with Crippen LogP contribution in [0.25, 0.3) is 0 Å². The summed E-state index contributed by atoms with van der Waals surface area (Å²) in [7, 11) is 0. The first-order valence-corrected chi connectivity index (χ1v) is 6.96. The molecule has 106 valence electrons. The highest BCUT2D eigenvalue weighted by molar-refractivity contribution is 6.32. The van der Waals surface area contributed by atoms with Gasteiger partial charge in [0.05, 0.1) is 17.1 Å². The van der Waals surface area contributed by atoms with Gasteiger partial charge in [-0.2, -0.15) is 5.26 Å². The molecule has 1 aromatic carbocycles. The first kappa shape index (κ1) is 14.8. The third-order valence-electron chi connectivity index (χ3n) is 3.40. The van der Waals surface area contributed by atoms with Crippen molar-refractivity contribution >= 4 is 23.2 Å². The zero-order valence-corrected chi connectivity index (χ0v) is 12.1. The minimum absolute atomic E-state index is 0.0699. The molecule has 0 aromatic heterocycles. The molecule has 1 heterocycles. The summed E-state index contributed by atoms with van der Waals surface area (Å²) in [6.45, 7) is 5.12. The van der Waals surface area contributed by atoms with Gasteiger partial charge >= 0.3 is 0 Å². The van der Waals surface area contributed by atoms with Crippen molar-refractivity contribution in [1.29, 1.82) is 5.26 Å². The Balaban J connectivity index is 1.93. The zero-order chi connectivity index (χ0) is 14.5. The second-order valence-corrected chi connectivity index (χ2v) is 5.14. The van der Waals surface area contributed by atoms with Crippen LogP contribution in [-0.2, 0) is 4.79 Å². The lowest BCUT2D eigenvalue weighted by atomic mass is 10.1. The van der Waals surface area contributed by atoms with Gasteiger partial charge in [-0.1, -0.05) is 18.5 Å². The van der Waals surface area contributed by atoms with Crippen molar-refractivity contribution in [3.8, 4) is 6.07 Å². The number of hydrogen-bond donors (Lipinski definition) is 2. The van der Waals surface area contributed by atoms with E-state index in [0.717, 1.165) is 19.6 Å². The van der Waals surface area contributed by atoms with E-state index in [4.69, 9.17) is 16.9 Å². The third-order valence-corrected chi connectivity index (χ3v) is 3.72. The summed E-state index contributed by atoms with van der Waals surface area (Å²) in [5.41, 5.74) is 1.02. The standard InChI is InChI=1S/C14H17ClN4O/c1-2-19(12-7-17-8-12)9-14(20)18-11-4-3-10(6-16)13(15)5-11/h3-5,12,17H,2,7-9H2,1H3,(H,18,20). The van der Waals surface area contributed by atoms with Crippen LogP contribution in [0, 0.1) is 11.3 Å². The van der Waals surface area contributed by atoms with Crippen LogP contribution in [0.3, 0.4) is 0 Å². The molecule has 1 aliphatic rings. The van der Waals surface area contributed by atoms with Gasteiger partial charge in [-0.05, 0) is 24.7 Å². The Morgan fingerprint density at radius 3 is 2.85 bits per heavy atom. The van der Waals surface area contributed by atoms with E-state index in [1.165, 1.54) is 0 Å². The van der Waals surface area contributed by atoms with Gasteiger partial charge in [-0.25, -0.2) is 0 Å². The van der Waals surface area contributed by atoms with E-state index < -0.39 is 0 Å². The molecule has 20 heavy (non-hydrogen) atoms. The summed E-state index contributed by atoms with van der Waals surface area (Å²) < 4.78 is 0. The highest BCUT2D eigenvalue weighted by atomic mass is 35.5. The predicted octanol–water partition coefficient (Wildman–Crippen LogP) is 1.44. The van der Waals surface area contributed by atoms with Crippen molar-refractivity contribution in [3.05, 3.63) is 28.8 Å². The number of nitriles is 1. The summed E-state index contributed by atoms with van der Waals surface area (Å²) in [5, 5.41) is 15.2. The van der Waals surface area contributed by atoms with Crippen LogP contribution < -0.4 is 10.6 Å². The molecule has 5 nitrogen and oxygen atoms in total. The lowest BCUT2D eigenvalue weighted by molar-refractivity contribution is -0.118. The van der Waals surface area contributed by atoms with Crippen LogP contribution >= 0.6 is 11.6 Å². The van der Waals surface area contributed by atoms with Crippen LogP contribution in [0.5, 0.6) is 0 Å². The van der Waals surface area contributed by atoms with E-state index in [9.17, 15) is 4.79 Å². The number of nitrogens with zero attached hydrogens (tertiary/aromatic N) is 2. The maximum atomic E-state index is 12.0. The van der Waals surface area contributed by atoms with Gasteiger partial charge < -0.3 is 10.6 Å². The van der Waals surface area contributed by atoms with Gasteiger partial charge in [0.1, 0.15) is 6.07 Å². The molecule has 1 amide bonds. The Kier molecular flexibility index (Phi) is 4.96. The van der Waals surface area contributed by atoms with E-state index >= 15 is 0 Å². The molecule has 0 atom stereocenters.